The van der Waals surface area contributed by atoms with Gasteiger partial charge < -0.3 is 4.42 Å². The minimum absolute atomic E-state index is 0.271. The first-order chi connectivity index (χ1) is 9.46. The van der Waals surface area contributed by atoms with E-state index < -0.39 is 9.84 Å². The normalized spacial score (nSPS) is 21.8. The zero-order chi connectivity index (χ0) is 14.6. The molecule has 0 aromatic carbocycles. The smallest absolute Gasteiger partial charge is 0.147 e. The van der Waals surface area contributed by atoms with Crippen molar-refractivity contribution in [2.45, 2.75) is 45.1 Å². The summed E-state index contributed by atoms with van der Waals surface area (Å²) in [4.78, 5) is 2.40. The summed E-state index contributed by atoms with van der Waals surface area (Å²) in [6, 6.07) is 4.38. The quantitative estimate of drug-likeness (QED) is 0.839. The highest BCUT2D eigenvalue weighted by molar-refractivity contribution is 7.90. The van der Waals surface area contributed by atoms with Crippen molar-refractivity contribution >= 4 is 9.84 Å². The Hall–Kier alpha value is -0.810. The Balaban J connectivity index is 2.01. The predicted octanol–water partition coefficient (Wildman–Crippen LogP) is 2.94. The Kier molecular flexibility index (Phi) is 5.27. The van der Waals surface area contributed by atoms with E-state index in [9.17, 15) is 8.42 Å². The summed E-state index contributed by atoms with van der Waals surface area (Å²) in [6.07, 6.45) is 6.77. The number of furan rings is 1. The molecule has 4 nitrogen and oxygen atoms in total. The molecule has 20 heavy (non-hydrogen) atoms. The molecule has 0 unspecified atom stereocenters. The number of rotatable bonds is 5. The molecule has 0 bridgehead atoms. The van der Waals surface area contributed by atoms with E-state index in [4.69, 9.17) is 4.42 Å². The van der Waals surface area contributed by atoms with Crippen molar-refractivity contribution in [2.75, 3.05) is 25.1 Å². The van der Waals surface area contributed by atoms with Crippen molar-refractivity contribution in [1.29, 1.82) is 0 Å². The Morgan fingerprint density at radius 3 is 2.75 bits per heavy atom. The monoisotopic (exact) mass is 299 g/mol. The van der Waals surface area contributed by atoms with Gasteiger partial charge in [0, 0.05) is 6.26 Å². The lowest BCUT2D eigenvalue weighted by Crippen LogP contribution is -2.30. The molecule has 1 atom stereocenters. The summed E-state index contributed by atoms with van der Waals surface area (Å²) in [5.74, 6) is 2.25. The number of aryl methyl sites for hydroxylation is 1. The summed E-state index contributed by atoms with van der Waals surface area (Å²) in [6.45, 7) is 3.83. The number of nitrogens with zero attached hydrogens (tertiary/aromatic N) is 1. The zero-order valence-corrected chi connectivity index (χ0v) is 13.3. The molecule has 1 aromatic heterocycles. The van der Waals surface area contributed by atoms with Gasteiger partial charge in [0.1, 0.15) is 21.4 Å². The van der Waals surface area contributed by atoms with Crippen molar-refractivity contribution in [3.8, 4) is 0 Å². The lowest BCUT2D eigenvalue weighted by Gasteiger charge is -2.28. The second-order valence-electron chi connectivity index (χ2n) is 5.83. The maximum absolute atomic E-state index is 11.3. The van der Waals surface area contributed by atoms with Crippen molar-refractivity contribution in [3.05, 3.63) is 23.7 Å². The topological polar surface area (TPSA) is 50.5 Å². The van der Waals surface area contributed by atoms with E-state index in [1.807, 2.05) is 13.0 Å². The first kappa shape index (κ1) is 15.6. The highest BCUT2D eigenvalue weighted by Crippen LogP contribution is 2.31. The lowest BCUT2D eigenvalue weighted by atomic mass is 10.1. The minimum atomic E-state index is -2.86. The molecule has 2 rings (SSSR count). The molecule has 0 radical (unpaired) electrons. The molecule has 1 saturated heterocycles. The Labute approximate surface area is 122 Å². The van der Waals surface area contributed by atoms with Gasteiger partial charge >= 0.3 is 0 Å². The molecule has 0 amide bonds. The SMILES string of the molecule is Cc1ccc([C@H]2CCCCCN2CCCS(C)(=O)=O)o1. The van der Waals surface area contributed by atoms with Crippen LogP contribution >= 0.6 is 0 Å². The molecule has 0 spiro atoms. The molecule has 0 N–H and O–H groups in total. The summed E-state index contributed by atoms with van der Waals surface area (Å²) < 4.78 is 28.3. The van der Waals surface area contributed by atoms with Crippen LogP contribution in [0.1, 0.15) is 49.7 Å². The number of likely N-dealkylation sites (tertiary alicyclic amines) is 1. The van der Waals surface area contributed by atoms with Crippen LogP contribution < -0.4 is 0 Å². The third kappa shape index (κ3) is 4.63. The van der Waals surface area contributed by atoms with Gasteiger partial charge in [-0.25, -0.2) is 8.42 Å². The van der Waals surface area contributed by atoms with E-state index in [1.54, 1.807) is 0 Å². The van der Waals surface area contributed by atoms with E-state index in [2.05, 4.69) is 11.0 Å². The van der Waals surface area contributed by atoms with E-state index in [-0.39, 0.29) is 5.75 Å². The summed E-state index contributed by atoms with van der Waals surface area (Å²) in [7, 11) is -2.86. The molecular formula is C15H25NO3S. The first-order valence-electron chi connectivity index (χ1n) is 7.44. The Morgan fingerprint density at radius 1 is 1.30 bits per heavy atom. The van der Waals surface area contributed by atoms with Crippen LogP contribution in [-0.2, 0) is 9.84 Å². The number of sulfone groups is 1. The van der Waals surface area contributed by atoms with E-state index in [1.165, 1.54) is 25.5 Å². The molecule has 1 aliphatic heterocycles. The number of hydrogen-bond donors (Lipinski definition) is 0. The van der Waals surface area contributed by atoms with Gasteiger partial charge in [0.15, 0.2) is 0 Å². The Morgan fingerprint density at radius 2 is 2.10 bits per heavy atom. The maximum Gasteiger partial charge on any atom is 0.147 e. The predicted molar refractivity (Wildman–Crippen MR) is 80.6 cm³/mol. The summed E-state index contributed by atoms with van der Waals surface area (Å²) in [5, 5.41) is 0. The highest BCUT2D eigenvalue weighted by atomic mass is 32.2. The average molecular weight is 299 g/mol. The average Bonchev–Trinajstić information content (AvgIpc) is 2.64. The standard InChI is InChI=1S/C15H25NO3S/c1-13-8-9-15(19-13)14-7-4-3-5-10-16(14)11-6-12-20(2,17)18/h8-9,14H,3-7,10-12H2,1-2H3/t14-/m1/s1. The third-order valence-electron chi connectivity index (χ3n) is 3.91. The highest BCUT2D eigenvalue weighted by Gasteiger charge is 2.24. The molecular weight excluding hydrogens is 274 g/mol. The fourth-order valence-electron chi connectivity index (χ4n) is 2.92. The van der Waals surface area contributed by atoms with Gasteiger partial charge in [-0.2, -0.15) is 0 Å². The fraction of sp³-hybridized carbons (Fsp3) is 0.733. The third-order valence-corrected chi connectivity index (χ3v) is 4.94. The van der Waals surface area contributed by atoms with E-state index >= 15 is 0 Å². The van der Waals surface area contributed by atoms with Gasteiger partial charge in [-0.15, -0.1) is 0 Å². The van der Waals surface area contributed by atoms with Gasteiger partial charge in [0.05, 0.1) is 11.8 Å². The molecule has 1 aromatic rings. The lowest BCUT2D eigenvalue weighted by molar-refractivity contribution is 0.177. The van der Waals surface area contributed by atoms with Gasteiger partial charge in [0.25, 0.3) is 0 Å². The molecule has 2 heterocycles. The second-order valence-corrected chi connectivity index (χ2v) is 8.09. The van der Waals surface area contributed by atoms with Crippen LogP contribution in [0, 0.1) is 6.92 Å². The van der Waals surface area contributed by atoms with Crippen molar-refractivity contribution < 1.29 is 12.8 Å². The molecule has 1 fully saturated rings. The van der Waals surface area contributed by atoms with Crippen LogP contribution in [0.3, 0.4) is 0 Å². The van der Waals surface area contributed by atoms with Gasteiger partial charge in [-0.1, -0.05) is 12.8 Å². The van der Waals surface area contributed by atoms with Crippen molar-refractivity contribution in [2.24, 2.45) is 0 Å². The molecule has 0 aliphatic carbocycles. The fourth-order valence-corrected chi connectivity index (χ4v) is 3.57. The summed E-state index contributed by atoms with van der Waals surface area (Å²) in [5.41, 5.74) is 0. The van der Waals surface area contributed by atoms with Crippen LogP contribution in [0.2, 0.25) is 0 Å². The van der Waals surface area contributed by atoms with E-state index in [0.29, 0.717) is 12.5 Å². The largest absolute Gasteiger partial charge is 0.465 e. The summed E-state index contributed by atoms with van der Waals surface area (Å²) >= 11 is 0. The molecule has 5 heteroatoms. The van der Waals surface area contributed by atoms with Crippen LogP contribution in [0.4, 0.5) is 0 Å². The molecule has 1 aliphatic rings. The van der Waals surface area contributed by atoms with Crippen molar-refractivity contribution in [1.82, 2.24) is 4.90 Å². The van der Waals surface area contributed by atoms with Crippen LogP contribution in [0.25, 0.3) is 0 Å². The molecule has 0 saturated carbocycles. The van der Waals surface area contributed by atoms with Crippen molar-refractivity contribution in [3.63, 3.8) is 0 Å². The van der Waals surface area contributed by atoms with Crippen LogP contribution in [-0.4, -0.2) is 38.4 Å². The minimum Gasteiger partial charge on any atom is -0.465 e. The van der Waals surface area contributed by atoms with Crippen LogP contribution in [0.5, 0.6) is 0 Å². The number of hydrogen-bond acceptors (Lipinski definition) is 4. The van der Waals surface area contributed by atoms with E-state index in [0.717, 1.165) is 31.0 Å². The van der Waals surface area contributed by atoms with Gasteiger partial charge in [0.2, 0.25) is 0 Å². The second kappa shape index (κ2) is 6.76. The molecule has 114 valence electrons. The van der Waals surface area contributed by atoms with Crippen LogP contribution in [0.15, 0.2) is 16.5 Å². The Bertz CT molecular complexity index is 521. The first-order valence-corrected chi connectivity index (χ1v) is 9.50. The van der Waals surface area contributed by atoms with Gasteiger partial charge in [-0.3, -0.25) is 4.90 Å². The maximum atomic E-state index is 11.3. The zero-order valence-electron chi connectivity index (χ0n) is 12.5. The van der Waals surface area contributed by atoms with Gasteiger partial charge in [-0.05, 0) is 51.4 Å².